The Kier molecular flexibility index (Phi) is 5.86. The first-order chi connectivity index (χ1) is 26.3. The first-order valence-corrected chi connectivity index (χ1v) is 18.8. The fourth-order valence-corrected chi connectivity index (χ4v) is 10.4. The Morgan fingerprint density at radius 1 is 0.415 bits per heavy atom. The van der Waals surface area contributed by atoms with Crippen molar-refractivity contribution in [2.75, 3.05) is 4.90 Å². The van der Waals surface area contributed by atoms with Crippen molar-refractivity contribution in [3.8, 4) is 45.3 Å². The summed E-state index contributed by atoms with van der Waals surface area (Å²) in [5.41, 5.74) is 12.5. The van der Waals surface area contributed by atoms with E-state index in [1.54, 1.807) is 0 Å². The number of thiophene rings is 1. The van der Waals surface area contributed by atoms with Gasteiger partial charge in [0.15, 0.2) is 23.0 Å². The zero-order chi connectivity index (χ0) is 34.7. The van der Waals surface area contributed by atoms with Crippen molar-refractivity contribution >= 4 is 48.6 Å². The standard InChI is InChI=1S/C49H29NO2S/c1-2-13-30(14-3-1)50(31-25-26-35-34-17-7-11-24-44(34)53-45(35)29-31)41-22-12-23-42-47(41)51-43-28-27-40-46(48(43)52-42)36-18-6-10-21-39(36)49(40)37-19-8-4-15-32(37)33-16-5-9-20-38(33)49/h1-29H. The summed E-state index contributed by atoms with van der Waals surface area (Å²) in [6, 6.07) is 63.1. The molecule has 0 saturated heterocycles. The van der Waals surface area contributed by atoms with Crippen LogP contribution in [0.5, 0.6) is 23.0 Å². The molecule has 0 fully saturated rings. The first kappa shape index (κ1) is 29.0. The highest BCUT2D eigenvalue weighted by Crippen LogP contribution is 2.66. The number of hydrogen-bond acceptors (Lipinski definition) is 4. The minimum Gasteiger partial charge on any atom is -0.449 e. The SMILES string of the molecule is c1ccc(N(c2ccc3c(c2)sc2ccccc23)c2cccc3c2Oc2ccc4c(c2O3)-c2ccccc2C42c3ccccc3-c3ccccc32)cc1. The summed E-state index contributed by atoms with van der Waals surface area (Å²) in [6.07, 6.45) is 0. The molecule has 0 atom stereocenters. The third-order valence-corrected chi connectivity index (χ3v) is 12.5. The van der Waals surface area contributed by atoms with Gasteiger partial charge in [0.1, 0.15) is 0 Å². The molecule has 12 rings (SSSR count). The molecule has 1 spiro atoms. The molecule has 53 heavy (non-hydrogen) atoms. The molecule has 0 bridgehead atoms. The third kappa shape index (κ3) is 3.83. The molecule has 4 heteroatoms. The van der Waals surface area contributed by atoms with Gasteiger partial charge >= 0.3 is 0 Å². The Bertz CT molecular complexity index is 2930. The fraction of sp³-hybridized carbons (Fsp3) is 0.0204. The zero-order valence-corrected chi connectivity index (χ0v) is 29.2. The van der Waals surface area contributed by atoms with Gasteiger partial charge in [0.2, 0.25) is 0 Å². The predicted octanol–water partition coefficient (Wildman–Crippen LogP) is 13.8. The van der Waals surface area contributed by atoms with Gasteiger partial charge in [-0.25, -0.2) is 0 Å². The zero-order valence-electron chi connectivity index (χ0n) is 28.4. The summed E-state index contributed by atoms with van der Waals surface area (Å²) >= 11 is 1.83. The van der Waals surface area contributed by atoms with Crippen LogP contribution < -0.4 is 14.4 Å². The number of nitrogens with zero attached hydrogens (tertiary/aromatic N) is 1. The highest BCUT2D eigenvalue weighted by atomic mass is 32.1. The highest BCUT2D eigenvalue weighted by Gasteiger charge is 2.53. The molecule has 0 radical (unpaired) electrons. The second-order valence-electron chi connectivity index (χ2n) is 14.0. The molecular formula is C49H29NO2S. The van der Waals surface area contributed by atoms with Crippen LogP contribution in [0.4, 0.5) is 17.1 Å². The van der Waals surface area contributed by atoms with Crippen LogP contribution in [-0.2, 0) is 5.41 Å². The van der Waals surface area contributed by atoms with Crippen LogP contribution >= 0.6 is 11.3 Å². The lowest BCUT2D eigenvalue weighted by Crippen LogP contribution is -2.25. The second kappa shape index (κ2) is 10.7. The summed E-state index contributed by atoms with van der Waals surface area (Å²) < 4.78 is 16.6. The molecule has 8 aromatic carbocycles. The molecule has 1 aliphatic heterocycles. The van der Waals surface area contributed by atoms with Gasteiger partial charge in [0.05, 0.1) is 11.1 Å². The topological polar surface area (TPSA) is 21.7 Å². The summed E-state index contributed by atoms with van der Waals surface area (Å²) in [5, 5.41) is 2.56. The predicted molar refractivity (Wildman–Crippen MR) is 217 cm³/mol. The summed E-state index contributed by atoms with van der Waals surface area (Å²) in [4.78, 5) is 2.28. The molecule has 3 aliphatic rings. The number of fused-ring (bicyclic) bond motifs is 16. The van der Waals surface area contributed by atoms with Gasteiger partial charge in [0.25, 0.3) is 0 Å². The Morgan fingerprint density at radius 3 is 1.83 bits per heavy atom. The van der Waals surface area contributed by atoms with Crippen LogP contribution in [0.15, 0.2) is 176 Å². The highest BCUT2D eigenvalue weighted by molar-refractivity contribution is 7.25. The second-order valence-corrected chi connectivity index (χ2v) is 15.0. The molecule has 1 aromatic heterocycles. The Hall–Kier alpha value is -6.62. The maximum absolute atomic E-state index is 7.08. The van der Waals surface area contributed by atoms with Crippen LogP contribution in [0, 0.1) is 0 Å². The van der Waals surface area contributed by atoms with Crippen molar-refractivity contribution in [3.05, 3.63) is 198 Å². The van der Waals surface area contributed by atoms with Crippen molar-refractivity contribution < 1.29 is 9.47 Å². The minimum atomic E-state index is -0.449. The minimum absolute atomic E-state index is 0.449. The number of benzene rings is 8. The average molecular weight is 696 g/mol. The van der Waals surface area contributed by atoms with Gasteiger partial charge in [0, 0.05) is 37.1 Å². The van der Waals surface area contributed by atoms with Crippen LogP contribution in [0.1, 0.15) is 22.3 Å². The lowest BCUT2D eigenvalue weighted by molar-refractivity contribution is 0.361. The summed E-state index contributed by atoms with van der Waals surface area (Å²) in [6.45, 7) is 0. The molecule has 0 amide bonds. The summed E-state index contributed by atoms with van der Waals surface area (Å²) in [5.74, 6) is 2.86. The van der Waals surface area contributed by atoms with E-state index in [-0.39, 0.29) is 0 Å². The average Bonchev–Trinajstić information content (AvgIpc) is 3.85. The van der Waals surface area contributed by atoms with Crippen LogP contribution in [-0.4, -0.2) is 0 Å². The quantitative estimate of drug-likeness (QED) is 0.184. The summed E-state index contributed by atoms with van der Waals surface area (Å²) in [7, 11) is 0. The molecule has 0 saturated carbocycles. The number of ether oxygens (including phenoxy) is 2. The molecule has 0 unspecified atom stereocenters. The van der Waals surface area contributed by atoms with Crippen LogP contribution in [0.3, 0.4) is 0 Å². The van der Waals surface area contributed by atoms with E-state index in [1.807, 2.05) is 17.4 Å². The maximum Gasteiger partial charge on any atom is 0.194 e. The van der Waals surface area contributed by atoms with Gasteiger partial charge in [-0.05, 0) is 87.5 Å². The van der Waals surface area contributed by atoms with Gasteiger partial charge in [-0.3, -0.25) is 0 Å². The van der Waals surface area contributed by atoms with E-state index < -0.39 is 5.41 Å². The smallest absolute Gasteiger partial charge is 0.194 e. The van der Waals surface area contributed by atoms with E-state index in [4.69, 9.17) is 9.47 Å². The van der Waals surface area contributed by atoms with E-state index in [0.29, 0.717) is 17.2 Å². The number of anilines is 3. The monoisotopic (exact) mass is 695 g/mol. The van der Waals surface area contributed by atoms with Gasteiger partial charge < -0.3 is 14.4 Å². The molecule has 248 valence electrons. The van der Waals surface area contributed by atoms with Crippen molar-refractivity contribution in [3.63, 3.8) is 0 Å². The largest absolute Gasteiger partial charge is 0.449 e. The van der Waals surface area contributed by atoms with Gasteiger partial charge in [-0.2, -0.15) is 0 Å². The van der Waals surface area contributed by atoms with E-state index in [1.165, 1.54) is 59.1 Å². The van der Waals surface area contributed by atoms with Crippen molar-refractivity contribution in [1.29, 1.82) is 0 Å². The molecule has 3 nitrogen and oxygen atoms in total. The van der Waals surface area contributed by atoms with Crippen molar-refractivity contribution in [1.82, 2.24) is 0 Å². The van der Waals surface area contributed by atoms with Crippen LogP contribution in [0.25, 0.3) is 42.4 Å². The van der Waals surface area contributed by atoms with E-state index in [2.05, 4.69) is 175 Å². The number of hydrogen-bond donors (Lipinski definition) is 0. The van der Waals surface area contributed by atoms with Crippen LogP contribution in [0.2, 0.25) is 0 Å². The van der Waals surface area contributed by atoms with Gasteiger partial charge in [-0.1, -0.05) is 127 Å². The molecule has 2 heterocycles. The fourth-order valence-electron chi connectivity index (χ4n) is 9.25. The normalized spacial score (nSPS) is 13.7. The molecule has 9 aromatic rings. The Morgan fingerprint density at radius 2 is 1.04 bits per heavy atom. The lowest BCUT2D eigenvalue weighted by atomic mass is 9.70. The van der Waals surface area contributed by atoms with Crippen molar-refractivity contribution in [2.24, 2.45) is 0 Å². The third-order valence-electron chi connectivity index (χ3n) is 11.3. The first-order valence-electron chi connectivity index (χ1n) is 18.0. The van der Waals surface area contributed by atoms with E-state index in [9.17, 15) is 0 Å². The molecular weight excluding hydrogens is 667 g/mol. The number of rotatable bonds is 3. The van der Waals surface area contributed by atoms with E-state index in [0.717, 1.165) is 28.4 Å². The van der Waals surface area contributed by atoms with Crippen molar-refractivity contribution in [2.45, 2.75) is 5.41 Å². The maximum atomic E-state index is 7.08. The lowest BCUT2D eigenvalue weighted by Gasteiger charge is -2.32. The van der Waals surface area contributed by atoms with E-state index >= 15 is 0 Å². The Labute approximate surface area is 310 Å². The molecule has 0 N–H and O–H groups in total. The van der Waals surface area contributed by atoms with Gasteiger partial charge in [-0.15, -0.1) is 11.3 Å². The Balaban J connectivity index is 1.04. The number of para-hydroxylation sites is 2. The molecule has 2 aliphatic carbocycles.